The molecule has 0 radical (unpaired) electrons. The predicted molar refractivity (Wildman–Crippen MR) is 154 cm³/mol. The number of carbonyl (C=O) groups excluding carboxylic acids is 1. The smallest absolute Gasteiger partial charge is 0.337 e. The van der Waals surface area contributed by atoms with Gasteiger partial charge in [0.05, 0.1) is 18.2 Å². The maximum atomic E-state index is 13.0. The molecule has 5 aromatic rings. The van der Waals surface area contributed by atoms with Gasteiger partial charge in [-0.1, -0.05) is 18.2 Å². The molecular weight excluding hydrogens is 556 g/mol. The van der Waals surface area contributed by atoms with Gasteiger partial charge in [0.2, 0.25) is 0 Å². The molecule has 0 saturated carbocycles. The quantitative estimate of drug-likeness (QED) is 0.222. The van der Waals surface area contributed by atoms with Gasteiger partial charge in [0.15, 0.2) is 11.3 Å². The molecule has 1 atom stereocenters. The van der Waals surface area contributed by atoms with E-state index in [-0.39, 0.29) is 29.1 Å². The van der Waals surface area contributed by atoms with Crippen LogP contribution in [0.5, 0.6) is 17.2 Å². The van der Waals surface area contributed by atoms with Crippen LogP contribution in [0.25, 0.3) is 27.7 Å². The molecule has 4 heterocycles. The zero-order valence-electron chi connectivity index (χ0n) is 22.6. The van der Waals surface area contributed by atoms with Crippen LogP contribution in [-0.4, -0.2) is 29.6 Å². The molecule has 2 N–H and O–H groups in total. The molecule has 214 valence electrons. The molecule has 1 unspecified atom stereocenters. The monoisotopic (exact) mass is 578 g/mol. The third kappa shape index (κ3) is 4.58. The molecule has 0 spiro atoms. The minimum atomic E-state index is -1.04. The number of fused-ring (bicyclic) bond motifs is 4. The van der Waals surface area contributed by atoms with E-state index in [9.17, 15) is 24.6 Å². The van der Waals surface area contributed by atoms with Crippen molar-refractivity contribution in [2.75, 3.05) is 7.11 Å². The Labute approximate surface area is 242 Å². The summed E-state index contributed by atoms with van der Waals surface area (Å²) in [5.74, 6) is 0.119. The number of para-hydroxylation sites is 1. The fourth-order valence-corrected chi connectivity index (χ4v) is 5.57. The first-order chi connectivity index (χ1) is 20.8. The van der Waals surface area contributed by atoms with Gasteiger partial charge in [-0.05, 0) is 65.6 Å². The van der Waals surface area contributed by atoms with E-state index in [2.05, 4.69) is 0 Å². The summed E-state index contributed by atoms with van der Waals surface area (Å²) < 4.78 is 27.9. The first-order valence-corrected chi connectivity index (χ1v) is 13.3. The van der Waals surface area contributed by atoms with Crippen LogP contribution in [0.1, 0.15) is 22.3 Å². The zero-order valence-corrected chi connectivity index (χ0v) is 22.6. The Balaban J connectivity index is 1.29. The van der Waals surface area contributed by atoms with Crippen LogP contribution in [-0.2, 0) is 27.1 Å². The number of hydrogen-bond donors (Lipinski definition) is 2. The minimum absolute atomic E-state index is 0.0288. The van der Waals surface area contributed by atoms with Gasteiger partial charge in [-0.3, -0.25) is 0 Å². The van der Waals surface area contributed by atoms with E-state index >= 15 is 0 Å². The van der Waals surface area contributed by atoms with Crippen molar-refractivity contribution in [2.45, 2.75) is 19.1 Å². The van der Waals surface area contributed by atoms with Crippen molar-refractivity contribution < 1.29 is 38.1 Å². The first-order valence-electron chi connectivity index (χ1n) is 13.3. The lowest BCUT2D eigenvalue weighted by atomic mass is 9.94. The molecule has 10 nitrogen and oxygen atoms in total. The molecular formula is C33H22O10. The van der Waals surface area contributed by atoms with Crippen LogP contribution in [0, 0.1) is 0 Å². The molecule has 0 amide bonds. The van der Waals surface area contributed by atoms with Crippen molar-refractivity contribution in [1.29, 1.82) is 0 Å². The summed E-state index contributed by atoms with van der Waals surface area (Å²) >= 11 is 0. The second-order valence-electron chi connectivity index (χ2n) is 10.2. The van der Waals surface area contributed by atoms with Crippen molar-refractivity contribution in [1.82, 2.24) is 0 Å². The topological polar surface area (TPSA) is 146 Å². The predicted octanol–water partition coefficient (Wildman–Crippen LogP) is 4.70. The lowest BCUT2D eigenvalue weighted by molar-refractivity contribution is -0.155. The third-order valence-electron chi connectivity index (χ3n) is 7.47. The lowest BCUT2D eigenvalue weighted by Crippen LogP contribution is -2.34. The number of carbonyl (C=O) groups is 1. The number of methoxy groups -OCH3 is 1. The summed E-state index contributed by atoms with van der Waals surface area (Å²) in [6.07, 6.45) is 0.964. The molecule has 0 aliphatic carbocycles. The first kappa shape index (κ1) is 26.1. The third-order valence-corrected chi connectivity index (χ3v) is 7.47. The van der Waals surface area contributed by atoms with Gasteiger partial charge in [-0.2, -0.15) is 0 Å². The molecule has 43 heavy (non-hydrogen) atoms. The molecule has 0 bridgehead atoms. The Hall–Kier alpha value is -5.77. The van der Waals surface area contributed by atoms with E-state index in [1.165, 1.54) is 31.4 Å². The van der Waals surface area contributed by atoms with Gasteiger partial charge >= 0.3 is 17.2 Å². The highest BCUT2D eigenvalue weighted by Gasteiger charge is 2.36. The Morgan fingerprint density at radius 2 is 1.60 bits per heavy atom. The highest BCUT2D eigenvalue weighted by molar-refractivity contribution is 5.94. The van der Waals surface area contributed by atoms with Crippen LogP contribution in [0.4, 0.5) is 0 Å². The molecule has 2 aliphatic rings. The van der Waals surface area contributed by atoms with Gasteiger partial charge in [0.25, 0.3) is 6.29 Å². The average Bonchev–Trinajstić information content (AvgIpc) is 2.97. The number of phenolic OH excluding ortho intramolecular Hbond substituents is 2. The highest BCUT2D eigenvalue weighted by atomic mass is 16.7. The molecule has 0 fully saturated rings. The summed E-state index contributed by atoms with van der Waals surface area (Å²) in [4.78, 5) is 37.4. The highest BCUT2D eigenvalue weighted by Crippen LogP contribution is 2.41. The Morgan fingerprint density at radius 3 is 2.42 bits per heavy atom. The number of esters is 1. The molecule has 2 aromatic heterocycles. The maximum absolute atomic E-state index is 13.0. The van der Waals surface area contributed by atoms with Gasteiger partial charge in [0.1, 0.15) is 22.8 Å². The summed E-state index contributed by atoms with van der Waals surface area (Å²) in [6, 6.07) is 17.4. The number of aromatic hydroxyl groups is 2. The van der Waals surface area contributed by atoms with Crippen LogP contribution in [0.3, 0.4) is 0 Å². The summed E-state index contributed by atoms with van der Waals surface area (Å²) in [5.41, 5.74) is 2.56. The number of benzene rings is 3. The largest absolute Gasteiger partial charge is 0.508 e. The van der Waals surface area contributed by atoms with E-state index < -0.39 is 23.5 Å². The fourth-order valence-electron chi connectivity index (χ4n) is 5.57. The van der Waals surface area contributed by atoms with Gasteiger partial charge in [-0.25, -0.2) is 14.4 Å². The van der Waals surface area contributed by atoms with Crippen LogP contribution in [0.15, 0.2) is 102 Å². The van der Waals surface area contributed by atoms with Crippen molar-refractivity contribution >= 4 is 33.7 Å². The van der Waals surface area contributed by atoms with E-state index in [1.807, 2.05) is 12.1 Å². The SMILES string of the molecule is COC1=C2C=C(Cc3cc(=O)oc4c(O)cccc34)C(=O)OC2Oc2ccc(Cc3cc(=O)oc4ccc(O)cc34)cc21. The Kier molecular flexibility index (Phi) is 6.05. The van der Waals surface area contributed by atoms with E-state index in [4.69, 9.17) is 23.0 Å². The molecule has 0 saturated heterocycles. The lowest BCUT2D eigenvalue weighted by Gasteiger charge is -2.32. The standard InChI is InChI=1S/C33H22O10/c1-39-30-23-10-16(9-17-13-28(36)40-26-8-6-20(34)15-22(17)26)5-7-27(23)41-33-24(30)12-19(32(38)43-33)11-18-14-29(37)42-31-21(18)3-2-4-25(31)35/h2-8,10,12-15,33-35H,9,11H2,1H3. The maximum Gasteiger partial charge on any atom is 0.337 e. The summed E-state index contributed by atoms with van der Waals surface area (Å²) in [5, 5.41) is 21.3. The second kappa shape index (κ2) is 9.95. The average molecular weight is 579 g/mol. The van der Waals surface area contributed by atoms with Gasteiger partial charge in [0, 0.05) is 34.9 Å². The number of phenols is 2. The fraction of sp³-hybridized carbons (Fsp3) is 0.121. The van der Waals surface area contributed by atoms with Gasteiger partial charge in [-0.15, -0.1) is 0 Å². The van der Waals surface area contributed by atoms with Crippen molar-refractivity contribution in [3.8, 4) is 17.2 Å². The zero-order chi connectivity index (χ0) is 29.8. The van der Waals surface area contributed by atoms with Crippen molar-refractivity contribution in [2.24, 2.45) is 0 Å². The van der Waals surface area contributed by atoms with Gasteiger partial charge < -0.3 is 33.3 Å². The normalized spacial score (nSPS) is 15.9. The van der Waals surface area contributed by atoms with E-state index in [1.54, 1.807) is 36.4 Å². The molecule has 7 rings (SSSR count). The van der Waals surface area contributed by atoms with Crippen LogP contribution in [0.2, 0.25) is 0 Å². The van der Waals surface area contributed by atoms with Crippen LogP contribution >= 0.6 is 0 Å². The second-order valence-corrected chi connectivity index (χ2v) is 10.2. The number of hydrogen-bond acceptors (Lipinski definition) is 10. The Bertz CT molecular complexity index is 2170. The molecule has 10 heteroatoms. The van der Waals surface area contributed by atoms with Crippen molar-refractivity contribution in [3.05, 3.63) is 127 Å². The Morgan fingerprint density at radius 1 is 0.814 bits per heavy atom. The van der Waals surface area contributed by atoms with E-state index in [0.29, 0.717) is 56.5 Å². The molecule has 3 aromatic carbocycles. The summed E-state index contributed by atoms with van der Waals surface area (Å²) in [6.45, 7) is 0. The van der Waals surface area contributed by atoms with E-state index in [0.717, 1.165) is 5.56 Å². The number of rotatable bonds is 5. The molecule has 2 aliphatic heterocycles. The van der Waals surface area contributed by atoms with Crippen molar-refractivity contribution in [3.63, 3.8) is 0 Å². The summed E-state index contributed by atoms with van der Waals surface area (Å²) in [7, 11) is 1.50. The van der Waals surface area contributed by atoms with Crippen LogP contribution < -0.4 is 16.0 Å². The number of ether oxygens (including phenoxy) is 3. The minimum Gasteiger partial charge on any atom is -0.508 e.